The summed E-state index contributed by atoms with van der Waals surface area (Å²) in [5, 5.41) is 9.54. The van der Waals surface area contributed by atoms with E-state index < -0.39 is 34.7 Å². The quantitative estimate of drug-likeness (QED) is 0.843. The largest absolute Gasteiger partial charge is 0.480 e. The molecule has 0 spiro atoms. The predicted molar refractivity (Wildman–Crippen MR) is 78.7 cm³/mol. The second-order valence-corrected chi connectivity index (χ2v) is 8.13. The molecule has 0 aromatic heterocycles. The maximum Gasteiger partial charge on any atom is 0.411 e. The van der Waals surface area contributed by atoms with E-state index in [9.17, 15) is 14.7 Å². The molecule has 1 amide bonds. The Morgan fingerprint density at radius 3 is 1.55 bits per heavy atom. The van der Waals surface area contributed by atoms with Gasteiger partial charge in [-0.15, -0.1) is 0 Å². The van der Waals surface area contributed by atoms with E-state index in [1.807, 2.05) is 0 Å². The summed E-state index contributed by atoms with van der Waals surface area (Å²) in [6.45, 7) is 16.1. The number of ether oxygens (including phenoxy) is 1. The molecule has 118 valence electrons. The molecule has 0 saturated heterocycles. The number of rotatable bonds is 2. The summed E-state index contributed by atoms with van der Waals surface area (Å²) in [7, 11) is 0. The lowest BCUT2D eigenvalue weighted by Crippen LogP contribution is -2.60. The molecule has 0 aliphatic heterocycles. The van der Waals surface area contributed by atoms with E-state index in [0.717, 1.165) is 0 Å². The van der Waals surface area contributed by atoms with Crippen molar-refractivity contribution in [3.05, 3.63) is 0 Å². The second-order valence-electron chi connectivity index (χ2n) is 8.13. The van der Waals surface area contributed by atoms with Gasteiger partial charge in [-0.25, -0.2) is 9.59 Å². The van der Waals surface area contributed by atoms with Gasteiger partial charge in [-0.2, -0.15) is 0 Å². The fourth-order valence-electron chi connectivity index (χ4n) is 1.95. The standard InChI is InChI=1S/C15H29NO4/c1-13(2,3)10(11(17)18)16(14(4,5)6)12(19)20-15(7,8)9/h10H,1-9H3,(H,17,18)/t10-/m0/s1. The van der Waals surface area contributed by atoms with Gasteiger partial charge in [0.15, 0.2) is 0 Å². The summed E-state index contributed by atoms with van der Waals surface area (Å²) in [5.41, 5.74) is -1.92. The monoisotopic (exact) mass is 287 g/mol. The SMILES string of the molecule is CC(C)(C)OC(=O)N([C@@H](C(=O)O)C(C)(C)C)C(C)(C)C. The third kappa shape index (κ3) is 5.39. The Morgan fingerprint density at radius 2 is 1.35 bits per heavy atom. The molecule has 0 aromatic rings. The maximum atomic E-state index is 12.4. The molecule has 1 N–H and O–H groups in total. The van der Waals surface area contributed by atoms with Crippen molar-refractivity contribution in [2.75, 3.05) is 0 Å². The molecule has 0 aliphatic carbocycles. The number of hydrogen-bond acceptors (Lipinski definition) is 3. The van der Waals surface area contributed by atoms with Gasteiger partial charge in [0.25, 0.3) is 0 Å². The van der Waals surface area contributed by atoms with Crippen molar-refractivity contribution in [2.24, 2.45) is 5.41 Å². The van der Waals surface area contributed by atoms with Gasteiger partial charge in [0.1, 0.15) is 11.6 Å². The van der Waals surface area contributed by atoms with E-state index in [0.29, 0.717) is 0 Å². The number of amides is 1. The fourth-order valence-corrected chi connectivity index (χ4v) is 1.95. The van der Waals surface area contributed by atoms with E-state index >= 15 is 0 Å². The van der Waals surface area contributed by atoms with E-state index in [4.69, 9.17) is 4.74 Å². The third-order valence-corrected chi connectivity index (χ3v) is 2.63. The Labute approximate surface area is 122 Å². The summed E-state index contributed by atoms with van der Waals surface area (Å²) in [4.78, 5) is 25.4. The zero-order valence-electron chi connectivity index (χ0n) is 14.2. The average molecular weight is 287 g/mol. The second kappa shape index (κ2) is 5.62. The molecular weight excluding hydrogens is 258 g/mol. The van der Waals surface area contributed by atoms with Crippen molar-refractivity contribution in [3.63, 3.8) is 0 Å². The lowest BCUT2D eigenvalue weighted by molar-refractivity contribution is -0.150. The van der Waals surface area contributed by atoms with Crippen LogP contribution >= 0.6 is 0 Å². The average Bonchev–Trinajstić information content (AvgIpc) is 2.05. The molecule has 0 aliphatic rings. The molecule has 0 radical (unpaired) electrons. The Hall–Kier alpha value is -1.26. The van der Waals surface area contributed by atoms with Crippen LogP contribution in [0.5, 0.6) is 0 Å². The number of carbonyl (C=O) groups is 2. The van der Waals surface area contributed by atoms with Crippen molar-refractivity contribution in [1.82, 2.24) is 4.90 Å². The molecule has 5 heteroatoms. The predicted octanol–water partition coefficient (Wildman–Crippen LogP) is 3.52. The molecular formula is C15H29NO4. The lowest BCUT2D eigenvalue weighted by atomic mass is 9.83. The van der Waals surface area contributed by atoms with Crippen molar-refractivity contribution < 1.29 is 19.4 Å². The van der Waals surface area contributed by atoms with Gasteiger partial charge < -0.3 is 9.84 Å². The smallest absolute Gasteiger partial charge is 0.411 e. The summed E-state index contributed by atoms with van der Waals surface area (Å²) in [6, 6.07) is -0.961. The van der Waals surface area contributed by atoms with Gasteiger partial charge in [0, 0.05) is 5.54 Å². The van der Waals surface area contributed by atoms with Crippen LogP contribution in [-0.2, 0) is 9.53 Å². The summed E-state index contributed by atoms with van der Waals surface area (Å²) in [5.74, 6) is -1.03. The van der Waals surface area contributed by atoms with Crippen LogP contribution in [0.1, 0.15) is 62.3 Å². The molecule has 1 atom stereocenters. The molecule has 0 unspecified atom stereocenters. The summed E-state index contributed by atoms with van der Waals surface area (Å²) in [6.07, 6.45) is -0.604. The molecule has 0 bridgehead atoms. The number of nitrogens with zero attached hydrogens (tertiary/aromatic N) is 1. The van der Waals surface area contributed by atoms with Crippen molar-refractivity contribution >= 4 is 12.1 Å². The Bertz CT molecular complexity index is 369. The fraction of sp³-hybridized carbons (Fsp3) is 0.867. The molecule has 0 fully saturated rings. The highest BCUT2D eigenvalue weighted by Crippen LogP contribution is 2.31. The van der Waals surface area contributed by atoms with Gasteiger partial charge in [-0.1, -0.05) is 20.8 Å². The minimum Gasteiger partial charge on any atom is -0.480 e. The van der Waals surface area contributed by atoms with Crippen LogP contribution < -0.4 is 0 Å². The van der Waals surface area contributed by atoms with Crippen LogP contribution in [0.25, 0.3) is 0 Å². The highest BCUT2D eigenvalue weighted by molar-refractivity contribution is 5.81. The van der Waals surface area contributed by atoms with Gasteiger partial charge in [0.2, 0.25) is 0 Å². The van der Waals surface area contributed by atoms with Gasteiger partial charge in [0.05, 0.1) is 0 Å². The van der Waals surface area contributed by atoms with Crippen molar-refractivity contribution in [2.45, 2.75) is 79.5 Å². The molecule has 5 nitrogen and oxygen atoms in total. The van der Waals surface area contributed by atoms with E-state index in [2.05, 4.69) is 0 Å². The van der Waals surface area contributed by atoms with E-state index in [1.165, 1.54) is 4.90 Å². The normalized spacial score (nSPS) is 14.7. The Kier molecular flexibility index (Phi) is 5.27. The first kappa shape index (κ1) is 18.7. The highest BCUT2D eigenvalue weighted by atomic mass is 16.6. The first-order chi connectivity index (χ1) is 8.57. The number of carboxylic acid groups (broad SMARTS) is 1. The highest BCUT2D eigenvalue weighted by Gasteiger charge is 2.45. The maximum absolute atomic E-state index is 12.4. The van der Waals surface area contributed by atoms with Crippen molar-refractivity contribution in [3.8, 4) is 0 Å². The van der Waals surface area contributed by atoms with Gasteiger partial charge in [-0.05, 0) is 47.0 Å². The third-order valence-electron chi connectivity index (χ3n) is 2.63. The van der Waals surface area contributed by atoms with Crippen LogP contribution in [-0.4, -0.2) is 39.3 Å². The molecule has 0 rings (SSSR count). The van der Waals surface area contributed by atoms with E-state index in [-0.39, 0.29) is 0 Å². The Balaban J connectivity index is 5.68. The number of carbonyl (C=O) groups excluding carboxylic acids is 1. The topological polar surface area (TPSA) is 66.8 Å². The number of aliphatic carboxylic acids is 1. The zero-order valence-corrected chi connectivity index (χ0v) is 14.2. The van der Waals surface area contributed by atoms with Crippen LogP contribution in [0.4, 0.5) is 4.79 Å². The van der Waals surface area contributed by atoms with Crippen LogP contribution in [0.3, 0.4) is 0 Å². The number of hydrogen-bond donors (Lipinski definition) is 1. The molecule has 0 saturated carbocycles. The Morgan fingerprint density at radius 1 is 0.950 bits per heavy atom. The zero-order chi connectivity index (χ0) is 16.5. The molecule has 0 heterocycles. The lowest BCUT2D eigenvalue weighted by Gasteiger charge is -2.44. The molecule has 20 heavy (non-hydrogen) atoms. The first-order valence-electron chi connectivity index (χ1n) is 6.82. The van der Waals surface area contributed by atoms with Crippen LogP contribution in [0, 0.1) is 5.41 Å². The van der Waals surface area contributed by atoms with Crippen LogP contribution in [0.15, 0.2) is 0 Å². The van der Waals surface area contributed by atoms with Crippen molar-refractivity contribution in [1.29, 1.82) is 0 Å². The van der Waals surface area contributed by atoms with Crippen LogP contribution in [0.2, 0.25) is 0 Å². The first-order valence-corrected chi connectivity index (χ1v) is 6.82. The minimum atomic E-state index is -1.03. The van der Waals surface area contributed by atoms with E-state index in [1.54, 1.807) is 62.3 Å². The summed E-state index contributed by atoms with van der Waals surface area (Å²) >= 11 is 0. The molecule has 0 aromatic carbocycles. The number of carboxylic acids is 1. The van der Waals surface area contributed by atoms with Gasteiger partial charge in [-0.3, -0.25) is 4.90 Å². The summed E-state index contributed by atoms with van der Waals surface area (Å²) < 4.78 is 5.38. The minimum absolute atomic E-state index is 0.601. The van der Waals surface area contributed by atoms with Gasteiger partial charge >= 0.3 is 12.1 Å².